The van der Waals surface area contributed by atoms with Crippen LogP contribution in [-0.2, 0) is 0 Å². The first-order valence-corrected chi connectivity index (χ1v) is 5.47. The van der Waals surface area contributed by atoms with E-state index in [2.05, 4.69) is 15.5 Å². The predicted molar refractivity (Wildman–Crippen MR) is 52.9 cm³/mol. The van der Waals surface area contributed by atoms with Crippen LogP contribution in [0, 0.1) is 0 Å². The van der Waals surface area contributed by atoms with Gasteiger partial charge in [0.2, 0.25) is 0 Å². The number of nitrogens with zero attached hydrogens (tertiary/aromatic N) is 1. The van der Waals surface area contributed by atoms with Gasteiger partial charge in [0, 0.05) is 19.6 Å². The standard InChI is InChI=1S/C9H21N3O2.2BrH/c13-8-9(14)7-12-5-3-10-1-2-11-4-6-12;;/h9-11,13-14H,1-8H2;2*1H/t9-;;/m0../s1. The number of halogens is 2. The van der Waals surface area contributed by atoms with Gasteiger partial charge in [-0.3, -0.25) is 4.90 Å². The zero-order valence-electron chi connectivity index (χ0n) is 9.49. The maximum Gasteiger partial charge on any atom is 0.125 e. The molecular weight excluding hydrogens is 342 g/mol. The second-order valence-electron chi connectivity index (χ2n) is 3.87. The Hall–Kier alpha value is 0.760. The molecule has 7 heteroatoms. The molecule has 0 unspecified atom stereocenters. The van der Waals surface area contributed by atoms with Crippen molar-refractivity contribution in [1.82, 2.24) is 4.90 Å². The van der Waals surface area contributed by atoms with E-state index >= 15 is 0 Å². The Morgan fingerprint density at radius 1 is 1.00 bits per heavy atom. The second kappa shape index (κ2) is 12.2. The molecule has 16 heavy (non-hydrogen) atoms. The maximum absolute atomic E-state index is 9.33. The SMILES string of the molecule is OC[C@@H](O)CN1CC[NH2+]CC[NH2+]CC1.[Br-].[Br-]. The number of rotatable bonds is 3. The molecule has 0 radical (unpaired) electrons. The molecule has 0 aromatic carbocycles. The number of aliphatic hydroxyl groups is 2. The quantitative estimate of drug-likeness (QED) is 0.401. The van der Waals surface area contributed by atoms with Crippen LogP contribution in [0.25, 0.3) is 0 Å². The molecule has 0 aliphatic carbocycles. The van der Waals surface area contributed by atoms with Crippen LogP contribution >= 0.6 is 0 Å². The van der Waals surface area contributed by atoms with Crippen LogP contribution in [-0.4, -0.2) is 73.6 Å². The van der Waals surface area contributed by atoms with Crippen LogP contribution in [0.3, 0.4) is 0 Å². The van der Waals surface area contributed by atoms with Crippen molar-refractivity contribution in [3.63, 3.8) is 0 Å². The molecule has 0 aromatic heterocycles. The molecule has 0 amide bonds. The molecule has 5 nitrogen and oxygen atoms in total. The summed E-state index contributed by atoms with van der Waals surface area (Å²) in [6.07, 6.45) is -0.587. The van der Waals surface area contributed by atoms with Crippen molar-refractivity contribution in [3.05, 3.63) is 0 Å². The summed E-state index contributed by atoms with van der Waals surface area (Å²) in [5.41, 5.74) is 0. The number of β-amino-alcohol motifs (C(OH)–C–C–N with tert-alkyl or cyclic N) is 1. The van der Waals surface area contributed by atoms with Gasteiger partial charge in [-0.2, -0.15) is 0 Å². The monoisotopic (exact) mass is 363 g/mol. The lowest BCUT2D eigenvalue weighted by atomic mass is 10.3. The second-order valence-corrected chi connectivity index (χ2v) is 3.87. The van der Waals surface area contributed by atoms with Gasteiger partial charge in [0.15, 0.2) is 0 Å². The first kappa shape index (κ1) is 19.1. The summed E-state index contributed by atoms with van der Waals surface area (Å²) < 4.78 is 0. The van der Waals surface area contributed by atoms with E-state index in [1.807, 2.05) is 0 Å². The summed E-state index contributed by atoms with van der Waals surface area (Å²) in [6.45, 7) is 7.00. The van der Waals surface area contributed by atoms with E-state index < -0.39 is 6.10 Å². The highest BCUT2D eigenvalue weighted by Crippen LogP contribution is 1.90. The Morgan fingerprint density at radius 3 is 1.94 bits per heavy atom. The minimum atomic E-state index is -0.587. The highest BCUT2D eigenvalue weighted by atomic mass is 79.9. The van der Waals surface area contributed by atoms with Crippen molar-refractivity contribution >= 4 is 0 Å². The smallest absolute Gasteiger partial charge is 0.125 e. The third-order valence-electron chi connectivity index (χ3n) is 2.55. The van der Waals surface area contributed by atoms with Crippen molar-refractivity contribution in [2.24, 2.45) is 0 Å². The Labute approximate surface area is 118 Å². The Balaban J connectivity index is 0. The van der Waals surface area contributed by atoms with Crippen molar-refractivity contribution in [3.8, 4) is 0 Å². The van der Waals surface area contributed by atoms with Gasteiger partial charge < -0.3 is 54.8 Å². The fourth-order valence-electron chi connectivity index (χ4n) is 1.72. The van der Waals surface area contributed by atoms with Crippen molar-refractivity contribution in [1.29, 1.82) is 0 Å². The third kappa shape index (κ3) is 8.86. The summed E-state index contributed by atoms with van der Waals surface area (Å²) in [5, 5.41) is 22.7. The molecule has 1 heterocycles. The summed E-state index contributed by atoms with van der Waals surface area (Å²) in [5.74, 6) is 0. The summed E-state index contributed by atoms with van der Waals surface area (Å²) in [4.78, 5) is 2.22. The average molecular weight is 365 g/mol. The van der Waals surface area contributed by atoms with E-state index in [9.17, 15) is 5.11 Å². The molecule has 1 fully saturated rings. The molecule has 0 spiro atoms. The van der Waals surface area contributed by atoms with Crippen molar-refractivity contribution in [2.45, 2.75) is 6.10 Å². The normalized spacial score (nSPS) is 20.6. The third-order valence-corrected chi connectivity index (χ3v) is 2.55. The van der Waals surface area contributed by atoms with Crippen LogP contribution in [0.5, 0.6) is 0 Å². The minimum Gasteiger partial charge on any atom is -1.00 e. The van der Waals surface area contributed by atoms with Gasteiger partial charge in [-0.25, -0.2) is 0 Å². The van der Waals surface area contributed by atoms with E-state index in [1.165, 1.54) is 13.1 Å². The molecule has 1 rings (SSSR count). The number of hydrogen-bond acceptors (Lipinski definition) is 3. The predicted octanol–water partition coefficient (Wildman–Crippen LogP) is -10.2. The molecular formula is C9H23Br2N3O2. The molecule has 1 aliphatic heterocycles. The van der Waals surface area contributed by atoms with Gasteiger partial charge >= 0.3 is 0 Å². The molecule has 1 atom stereocenters. The van der Waals surface area contributed by atoms with Crippen molar-refractivity contribution < 1.29 is 54.8 Å². The Morgan fingerprint density at radius 2 is 1.50 bits per heavy atom. The van der Waals surface area contributed by atoms with Crippen LogP contribution < -0.4 is 44.6 Å². The van der Waals surface area contributed by atoms with E-state index in [0.29, 0.717) is 6.54 Å². The summed E-state index contributed by atoms with van der Waals surface area (Å²) in [7, 11) is 0. The number of nitrogens with two attached hydrogens (primary N) is 2. The zero-order chi connectivity index (χ0) is 10.2. The first-order valence-electron chi connectivity index (χ1n) is 5.47. The summed E-state index contributed by atoms with van der Waals surface area (Å²) >= 11 is 0. The topological polar surface area (TPSA) is 76.9 Å². The first-order chi connectivity index (χ1) is 6.83. The maximum atomic E-state index is 9.33. The molecule has 0 saturated carbocycles. The molecule has 0 bridgehead atoms. The largest absolute Gasteiger partial charge is 1.00 e. The molecule has 6 N–H and O–H groups in total. The lowest BCUT2D eigenvalue weighted by Crippen LogP contribution is -3.00. The molecule has 0 aromatic rings. The lowest BCUT2D eigenvalue weighted by Gasteiger charge is -2.21. The Kier molecular flexibility index (Phi) is 14.6. The highest BCUT2D eigenvalue weighted by molar-refractivity contribution is 4.63. The van der Waals surface area contributed by atoms with Gasteiger partial charge in [-0.1, -0.05) is 0 Å². The number of hydrogen-bond donors (Lipinski definition) is 4. The van der Waals surface area contributed by atoms with Gasteiger partial charge in [0.25, 0.3) is 0 Å². The number of quaternary nitrogens is 2. The van der Waals surface area contributed by atoms with E-state index in [1.54, 1.807) is 0 Å². The Bertz CT molecular complexity index is 145. The van der Waals surface area contributed by atoms with E-state index in [4.69, 9.17) is 5.11 Å². The fraction of sp³-hybridized carbons (Fsp3) is 1.00. The number of aliphatic hydroxyl groups excluding tert-OH is 2. The van der Waals surface area contributed by atoms with Crippen LogP contribution in [0.4, 0.5) is 0 Å². The fourth-order valence-corrected chi connectivity index (χ4v) is 1.72. The lowest BCUT2D eigenvalue weighted by molar-refractivity contribution is -0.718. The van der Waals surface area contributed by atoms with Crippen LogP contribution in [0.1, 0.15) is 0 Å². The average Bonchev–Trinajstić information content (AvgIpc) is 2.31. The van der Waals surface area contributed by atoms with Gasteiger partial charge in [0.05, 0.1) is 25.8 Å². The zero-order valence-corrected chi connectivity index (χ0v) is 12.7. The highest BCUT2D eigenvalue weighted by Gasteiger charge is 2.13. The minimum absolute atomic E-state index is 0. The van der Waals surface area contributed by atoms with Gasteiger partial charge in [-0.05, 0) is 0 Å². The summed E-state index contributed by atoms with van der Waals surface area (Å²) in [6, 6.07) is 0. The molecule has 100 valence electrons. The van der Waals surface area contributed by atoms with Crippen LogP contribution in [0.2, 0.25) is 0 Å². The van der Waals surface area contributed by atoms with Crippen LogP contribution in [0.15, 0.2) is 0 Å². The van der Waals surface area contributed by atoms with E-state index in [-0.39, 0.29) is 40.6 Å². The van der Waals surface area contributed by atoms with Gasteiger partial charge in [-0.15, -0.1) is 0 Å². The van der Waals surface area contributed by atoms with Crippen molar-refractivity contribution in [2.75, 3.05) is 52.4 Å². The van der Waals surface area contributed by atoms with E-state index in [0.717, 1.165) is 26.2 Å². The van der Waals surface area contributed by atoms with Gasteiger partial charge in [0.1, 0.15) is 13.1 Å². The molecule has 1 saturated heterocycles. The molecule has 1 aliphatic rings.